The minimum Gasteiger partial charge on any atom is -0.381 e. The second-order valence-electron chi connectivity index (χ2n) is 4.87. The third-order valence-corrected chi connectivity index (χ3v) is 3.56. The molecule has 0 bridgehead atoms. The fourth-order valence-electron chi connectivity index (χ4n) is 2.54. The second-order valence-corrected chi connectivity index (χ2v) is 4.87. The molecule has 3 atom stereocenters. The molecule has 0 aliphatic carbocycles. The zero-order valence-electron chi connectivity index (χ0n) is 10.4. The molecule has 0 saturated carbocycles. The maximum absolute atomic E-state index is 12.1. The molecule has 2 rings (SSSR count). The van der Waals surface area contributed by atoms with E-state index in [0.717, 1.165) is 13.0 Å². The predicted octanol–water partition coefficient (Wildman–Crippen LogP) is 0.148. The molecule has 2 fully saturated rings. The molecule has 2 amide bonds. The van der Waals surface area contributed by atoms with Gasteiger partial charge in [-0.25, -0.2) is 0 Å². The fourth-order valence-corrected chi connectivity index (χ4v) is 2.54. The molecule has 2 aliphatic rings. The number of rotatable bonds is 3. The lowest BCUT2D eigenvalue weighted by molar-refractivity contribution is -0.149. The number of hydrogen-bond acceptors (Lipinski definition) is 3. The Bertz CT molecular complexity index is 313. The van der Waals surface area contributed by atoms with E-state index in [2.05, 4.69) is 5.32 Å². The molecule has 2 heterocycles. The second kappa shape index (κ2) is 5.04. The van der Waals surface area contributed by atoms with Gasteiger partial charge in [-0.15, -0.1) is 0 Å². The number of piperazine rings is 1. The zero-order chi connectivity index (χ0) is 12.4. The highest BCUT2D eigenvalue weighted by Crippen LogP contribution is 2.19. The Labute approximate surface area is 101 Å². The summed E-state index contributed by atoms with van der Waals surface area (Å²) in [5.41, 5.74) is 0. The molecule has 17 heavy (non-hydrogen) atoms. The number of ether oxygens (including phenoxy) is 1. The van der Waals surface area contributed by atoms with Crippen molar-refractivity contribution < 1.29 is 14.3 Å². The van der Waals surface area contributed by atoms with Crippen LogP contribution in [-0.2, 0) is 14.3 Å². The number of carbonyl (C=O) groups excluding carboxylic acids is 2. The summed E-state index contributed by atoms with van der Waals surface area (Å²) in [5, 5.41) is 2.72. The van der Waals surface area contributed by atoms with Gasteiger partial charge in [0.2, 0.25) is 11.8 Å². The van der Waals surface area contributed by atoms with Crippen LogP contribution in [0.2, 0.25) is 0 Å². The SMILES string of the molecule is CCC1C(=O)NC(C)C(=O)N1CC1CCOC1. The first-order valence-corrected chi connectivity index (χ1v) is 6.32. The van der Waals surface area contributed by atoms with E-state index in [0.29, 0.717) is 25.5 Å². The molecular formula is C12H20N2O3. The van der Waals surface area contributed by atoms with Crippen LogP contribution in [0.3, 0.4) is 0 Å². The van der Waals surface area contributed by atoms with E-state index in [-0.39, 0.29) is 17.9 Å². The predicted molar refractivity (Wildman–Crippen MR) is 62.3 cm³/mol. The van der Waals surface area contributed by atoms with Gasteiger partial charge in [0, 0.05) is 19.1 Å². The summed E-state index contributed by atoms with van der Waals surface area (Å²) >= 11 is 0. The highest BCUT2D eigenvalue weighted by Gasteiger charge is 2.38. The van der Waals surface area contributed by atoms with Crippen molar-refractivity contribution in [1.82, 2.24) is 10.2 Å². The van der Waals surface area contributed by atoms with Crippen LogP contribution in [0.25, 0.3) is 0 Å². The molecule has 0 aromatic heterocycles. The van der Waals surface area contributed by atoms with Crippen LogP contribution in [0.15, 0.2) is 0 Å². The third-order valence-electron chi connectivity index (χ3n) is 3.56. The van der Waals surface area contributed by atoms with Gasteiger partial charge in [-0.05, 0) is 19.8 Å². The van der Waals surface area contributed by atoms with E-state index in [9.17, 15) is 9.59 Å². The first kappa shape index (κ1) is 12.4. The summed E-state index contributed by atoms with van der Waals surface area (Å²) in [7, 11) is 0. The number of nitrogens with zero attached hydrogens (tertiary/aromatic N) is 1. The molecule has 0 aromatic carbocycles. The first-order chi connectivity index (χ1) is 8.13. The lowest BCUT2D eigenvalue weighted by Gasteiger charge is -2.38. The average molecular weight is 240 g/mol. The van der Waals surface area contributed by atoms with Crippen molar-refractivity contribution in [2.24, 2.45) is 5.92 Å². The molecule has 2 aliphatic heterocycles. The number of amides is 2. The van der Waals surface area contributed by atoms with E-state index in [4.69, 9.17) is 4.74 Å². The summed E-state index contributed by atoms with van der Waals surface area (Å²) in [4.78, 5) is 25.7. The molecule has 3 unspecified atom stereocenters. The summed E-state index contributed by atoms with van der Waals surface area (Å²) in [6.07, 6.45) is 1.65. The number of carbonyl (C=O) groups is 2. The monoisotopic (exact) mass is 240 g/mol. The maximum atomic E-state index is 12.1. The van der Waals surface area contributed by atoms with Crippen LogP contribution >= 0.6 is 0 Å². The van der Waals surface area contributed by atoms with Crippen molar-refractivity contribution in [3.8, 4) is 0 Å². The smallest absolute Gasteiger partial charge is 0.245 e. The highest BCUT2D eigenvalue weighted by atomic mass is 16.5. The Hall–Kier alpha value is -1.10. The van der Waals surface area contributed by atoms with E-state index in [1.54, 1.807) is 11.8 Å². The molecule has 0 spiro atoms. The van der Waals surface area contributed by atoms with Gasteiger partial charge in [0.15, 0.2) is 0 Å². The van der Waals surface area contributed by atoms with E-state index in [1.807, 2.05) is 6.92 Å². The molecule has 5 heteroatoms. The fraction of sp³-hybridized carbons (Fsp3) is 0.833. The van der Waals surface area contributed by atoms with E-state index in [1.165, 1.54) is 0 Å². The average Bonchev–Trinajstić information content (AvgIpc) is 2.78. The van der Waals surface area contributed by atoms with Gasteiger partial charge in [0.05, 0.1) is 6.61 Å². The van der Waals surface area contributed by atoms with Gasteiger partial charge in [-0.3, -0.25) is 9.59 Å². The molecule has 0 aromatic rings. The number of nitrogens with one attached hydrogen (secondary N) is 1. The van der Waals surface area contributed by atoms with Crippen molar-refractivity contribution in [2.45, 2.75) is 38.8 Å². The van der Waals surface area contributed by atoms with Crippen LogP contribution in [0.1, 0.15) is 26.7 Å². The molecule has 1 N–H and O–H groups in total. The van der Waals surface area contributed by atoms with Crippen molar-refractivity contribution in [3.63, 3.8) is 0 Å². The van der Waals surface area contributed by atoms with Crippen LogP contribution in [0.4, 0.5) is 0 Å². The van der Waals surface area contributed by atoms with Crippen molar-refractivity contribution in [2.75, 3.05) is 19.8 Å². The summed E-state index contributed by atoms with van der Waals surface area (Å²) < 4.78 is 5.32. The first-order valence-electron chi connectivity index (χ1n) is 6.32. The standard InChI is InChI=1S/C12H20N2O3/c1-3-10-11(15)13-8(2)12(16)14(10)6-9-4-5-17-7-9/h8-10H,3-7H2,1-2H3,(H,13,15). The summed E-state index contributed by atoms with van der Waals surface area (Å²) in [6, 6.07) is -0.702. The topological polar surface area (TPSA) is 58.6 Å². The van der Waals surface area contributed by atoms with Gasteiger partial charge in [0.1, 0.15) is 12.1 Å². The summed E-state index contributed by atoms with van der Waals surface area (Å²) in [5.74, 6) is 0.382. The van der Waals surface area contributed by atoms with Gasteiger partial charge in [0.25, 0.3) is 0 Å². The maximum Gasteiger partial charge on any atom is 0.245 e. The Morgan fingerprint density at radius 2 is 2.24 bits per heavy atom. The van der Waals surface area contributed by atoms with Crippen molar-refractivity contribution in [3.05, 3.63) is 0 Å². The van der Waals surface area contributed by atoms with Gasteiger partial charge in [-0.1, -0.05) is 6.92 Å². The summed E-state index contributed by atoms with van der Waals surface area (Å²) in [6.45, 7) is 5.80. The Morgan fingerprint density at radius 3 is 2.82 bits per heavy atom. The lowest BCUT2D eigenvalue weighted by Crippen LogP contribution is -2.63. The zero-order valence-corrected chi connectivity index (χ0v) is 10.4. The van der Waals surface area contributed by atoms with E-state index >= 15 is 0 Å². The normalized spacial score (nSPS) is 34.0. The largest absolute Gasteiger partial charge is 0.381 e. The van der Waals surface area contributed by atoms with Crippen LogP contribution in [0.5, 0.6) is 0 Å². The Balaban J connectivity index is 2.08. The highest BCUT2D eigenvalue weighted by molar-refractivity contribution is 5.96. The van der Waals surface area contributed by atoms with Gasteiger partial charge in [-0.2, -0.15) is 0 Å². The van der Waals surface area contributed by atoms with Gasteiger partial charge >= 0.3 is 0 Å². The van der Waals surface area contributed by atoms with E-state index < -0.39 is 6.04 Å². The number of hydrogen-bond donors (Lipinski definition) is 1. The molecule has 2 saturated heterocycles. The molecule has 96 valence electrons. The minimum absolute atomic E-state index is 0.0292. The third kappa shape index (κ3) is 2.44. The quantitative estimate of drug-likeness (QED) is 0.764. The van der Waals surface area contributed by atoms with Gasteiger partial charge < -0.3 is 15.0 Å². The molecule has 5 nitrogen and oxygen atoms in total. The van der Waals surface area contributed by atoms with Crippen LogP contribution in [0, 0.1) is 5.92 Å². The Morgan fingerprint density at radius 1 is 1.47 bits per heavy atom. The lowest BCUT2D eigenvalue weighted by atomic mass is 10.0. The van der Waals surface area contributed by atoms with Crippen LogP contribution in [-0.4, -0.2) is 48.6 Å². The minimum atomic E-state index is -0.396. The van der Waals surface area contributed by atoms with Crippen molar-refractivity contribution >= 4 is 11.8 Å². The molecule has 0 radical (unpaired) electrons. The van der Waals surface area contributed by atoms with Crippen LogP contribution < -0.4 is 5.32 Å². The Kier molecular flexibility index (Phi) is 3.66. The van der Waals surface area contributed by atoms with Crippen molar-refractivity contribution in [1.29, 1.82) is 0 Å². The molecular weight excluding hydrogens is 220 g/mol.